The fourth-order valence-corrected chi connectivity index (χ4v) is 5.77. The van der Waals surface area contributed by atoms with E-state index in [0.29, 0.717) is 10.9 Å². The van der Waals surface area contributed by atoms with Gasteiger partial charge in [-0.05, 0) is 70.7 Å². The van der Waals surface area contributed by atoms with Crippen molar-refractivity contribution < 1.29 is 9.47 Å². The van der Waals surface area contributed by atoms with Crippen LogP contribution in [0.3, 0.4) is 0 Å². The average Bonchev–Trinajstić information content (AvgIpc) is 3.12. The minimum Gasteiger partial charge on any atom is -0.487 e. The Morgan fingerprint density at radius 1 is 1.20 bits per heavy atom. The van der Waals surface area contributed by atoms with Gasteiger partial charge in [0.05, 0.1) is 12.7 Å². The third kappa shape index (κ3) is 3.65. The molecule has 0 saturated carbocycles. The van der Waals surface area contributed by atoms with Crippen molar-refractivity contribution in [1.29, 1.82) is 0 Å². The summed E-state index contributed by atoms with van der Waals surface area (Å²) >= 11 is 6.21. The topological polar surface area (TPSA) is 39.5 Å². The molecule has 1 aromatic heterocycles. The van der Waals surface area contributed by atoms with Gasteiger partial charge < -0.3 is 18.9 Å². The maximum atomic E-state index is 6.59. The number of ether oxygens (including phenoxy) is 2. The number of hydrogen-bond acceptors (Lipinski definition) is 4. The molecule has 3 aliphatic heterocycles. The maximum absolute atomic E-state index is 6.59. The van der Waals surface area contributed by atoms with E-state index in [9.17, 15) is 0 Å². The molecule has 0 unspecified atom stereocenters. The lowest BCUT2D eigenvalue weighted by Crippen LogP contribution is -2.54. The van der Waals surface area contributed by atoms with E-state index in [0.717, 1.165) is 49.9 Å². The Bertz CT molecular complexity index is 917. The zero-order valence-corrected chi connectivity index (χ0v) is 19.0. The fraction of sp³-hybridized carbons (Fsp3) is 0.625. The summed E-state index contributed by atoms with van der Waals surface area (Å²) in [5.41, 5.74) is 1.17. The Morgan fingerprint density at radius 3 is 2.73 bits per heavy atom. The molecule has 5 nitrogen and oxygen atoms in total. The maximum Gasteiger partial charge on any atom is 0.127 e. The summed E-state index contributed by atoms with van der Waals surface area (Å²) in [7, 11) is 0. The highest BCUT2D eigenvalue weighted by Crippen LogP contribution is 2.55. The zero-order valence-electron chi connectivity index (χ0n) is 18.2. The Morgan fingerprint density at radius 2 is 2.00 bits per heavy atom. The lowest BCUT2D eigenvalue weighted by atomic mass is 9.64. The number of aryl methyl sites for hydroxylation is 1. The van der Waals surface area contributed by atoms with E-state index >= 15 is 0 Å². The second-order valence-corrected chi connectivity index (χ2v) is 10.4. The molecule has 3 aliphatic rings. The Labute approximate surface area is 184 Å². The van der Waals surface area contributed by atoms with E-state index in [-0.39, 0.29) is 17.1 Å². The fourth-order valence-electron chi connectivity index (χ4n) is 5.61. The van der Waals surface area contributed by atoms with Crippen LogP contribution in [0.1, 0.15) is 50.6 Å². The van der Waals surface area contributed by atoms with Crippen molar-refractivity contribution >= 4 is 11.6 Å². The molecular formula is C24H32ClN3O2. The summed E-state index contributed by atoms with van der Waals surface area (Å²) < 4.78 is 15.3. The number of nitrogens with zero attached hydrogens (tertiary/aromatic N) is 3. The number of benzene rings is 1. The van der Waals surface area contributed by atoms with Gasteiger partial charge in [-0.25, -0.2) is 4.98 Å². The van der Waals surface area contributed by atoms with Gasteiger partial charge >= 0.3 is 0 Å². The first kappa shape index (κ1) is 20.3. The molecule has 2 saturated heterocycles. The Kier molecular flexibility index (Phi) is 5.11. The van der Waals surface area contributed by atoms with Crippen molar-refractivity contribution in [1.82, 2.24) is 14.5 Å². The number of hydrogen-bond donors (Lipinski definition) is 0. The lowest BCUT2D eigenvalue weighted by molar-refractivity contribution is -0.174. The summed E-state index contributed by atoms with van der Waals surface area (Å²) in [4.78, 5) is 6.92. The van der Waals surface area contributed by atoms with Crippen LogP contribution in [0.5, 0.6) is 5.75 Å². The van der Waals surface area contributed by atoms with Crippen LogP contribution in [-0.2, 0) is 11.3 Å². The van der Waals surface area contributed by atoms with E-state index in [1.807, 2.05) is 18.3 Å². The highest BCUT2D eigenvalue weighted by molar-refractivity contribution is 6.30. The summed E-state index contributed by atoms with van der Waals surface area (Å²) in [6.07, 6.45) is 7.63. The number of imidazole rings is 1. The van der Waals surface area contributed by atoms with Crippen molar-refractivity contribution in [3.63, 3.8) is 0 Å². The molecule has 5 rings (SSSR count). The van der Waals surface area contributed by atoms with Crippen LogP contribution in [-0.4, -0.2) is 46.3 Å². The van der Waals surface area contributed by atoms with Crippen LogP contribution in [0.25, 0.3) is 0 Å². The van der Waals surface area contributed by atoms with Gasteiger partial charge in [-0.2, -0.15) is 0 Å². The van der Waals surface area contributed by atoms with Crippen LogP contribution in [0.2, 0.25) is 5.02 Å². The van der Waals surface area contributed by atoms with E-state index in [4.69, 9.17) is 21.1 Å². The molecule has 2 fully saturated rings. The first-order valence-electron chi connectivity index (χ1n) is 11.2. The molecule has 0 radical (unpaired) electrons. The molecule has 0 aliphatic carbocycles. The summed E-state index contributed by atoms with van der Waals surface area (Å²) in [5, 5.41) is 0.716. The van der Waals surface area contributed by atoms with E-state index in [1.54, 1.807) is 0 Å². The van der Waals surface area contributed by atoms with Gasteiger partial charge in [0.25, 0.3) is 0 Å². The molecule has 2 atom stereocenters. The van der Waals surface area contributed by atoms with Crippen LogP contribution in [0, 0.1) is 18.3 Å². The molecule has 1 aromatic carbocycles. The highest BCUT2D eigenvalue weighted by Gasteiger charge is 2.52. The van der Waals surface area contributed by atoms with Crippen molar-refractivity contribution in [3.05, 3.63) is 47.0 Å². The monoisotopic (exact) mass is 429 g/mol. The third-order valence-electron chi connectivity index (χ3n) is 7.63. The minimum absolute atomic E-state index is 0.105. The summed E-state index contributed by atoms with van der Waals surface area (Å²) in [6, 6.07) is 5.97. The highest BCUT2D eigenvalue weighted by atomic mass is 35.5. The summed E-state index contributed by atoms with van der Waals surface area (Å²) in [6.45, 7) is 11.7. The largest absolute Gasteiger partial charge is 0.487 e. The first-order chi connectivity index (χ1) is 14.4. The Balaban J connectivity index is 1.25. The molecule has 6 heteroatoms. The van der Waals surface area contributed by atoms with E-state index < -0.39 is 0 Å². The number of rotatable bonds is 3. The van der Waals surface area contributed by atoms with Crippen LogP contribution >= 0.6 is 11.6 Å². The molecular weight excluding hydrogens is 398 g/mol. The SMILES string of the molecule is Cc1nccn1CCN1CCC2(CC1)CO[C@@H]1c3ccc(Cl)cc3OC(C)(C)[C@H]1C2. The standard InChI is InChI=1S/C24H32ClN3O2/c1-17-26-8-11-28(17)13-12-27-9-6-24(7-10-27)15-20-22(29-16-24)19-5-4-18(25)14-21(19)30-23(20,2)3/h4-5,8,11,14,20,22H,6-7,9-10,12-13,15-16H2,1-3H3/t20-,22+/m0/s1. The first-order valence-corrected chi connectivity index (χ1v) is 11.5. The lowest BCUT2D eigenvalue weighted by Gasteiger charge is -2.54. The third-order valence-corrected chi connectivity index (χ3v) is 7.87. The molecule has 1 spiro atoms. The van der Waals surface area contributed by atoms with Crippen LogP contribution in [0.15, 0.2) is 30.6 Å². The normalized spacial score (nSPS) is 27.3. The molecule has 30 heavy (non-hydrogen) atoms. The second-order valence-electron chi connectivity index (χ2n) is 9.94. The van der Waals surface area contributed by atoms with Gasteiger partial charge in [0, 0.05) is 42.0 Å². The van der Waals surface area contributed by atoms with Crippen LogP contribution < -0.4 is 4.74 Å². The molecule has 0 bridgehead atoms. The van der Waals surface area contributed by atoms with Crippen LogP contribution in [0.4, 0.5) is 0 Å². The van der Waals surface area contributed by atoms with Gasteiger partial charge in [0.1, 0.15) is 17.2 Å². The van der Waals surface area contributed by atoms with Gasteiger partial charge in [-0.15, -0.1) is 0 Å². The van der Waals surface area contributed by atoms with Crippen molar-refractivity contribution in [3.8, 4) is 5.75 Å². The minimum atomic E-state index is -0.258. The molecule has 4 heterocycles. The molecule has 162 valence electrons. The van der Waals surface area contributed by atoms with Crippen molar-refractivity contribution in [2.75, 3.05) is 26.2 Å². The number of aromatic nitrogens is 2. The molecule has 2 aromatic rings. The van der Waals surface area contributed by atoms with Crippen molar-refractivity contribution in [2.24, 2.45) is 11.3 Å². The number of fused-ring (bicyclic) bond motifs is 3. The van der Waals surface area contributed by atoms with E-state index in [1.165, 1.54) is 19.3 Å². The van der Waals surface area contributed by atoms with Gasteiger partial charge in [0.2, 0.25) is 0 Å². The van der Waals surface area contributed by atoms with Gasteiger partial charge in [0.15, 0.2) is 0 Å². The Hall–Kier alpha value is -1.56. The molecule has 0 amide bonds. The average molecular weight is 430 g/mol. The number of likely N-dealkylation sites (tertiary alicyclic amines) is 1. The second kappa shape index (κ2) is 7.54. The zero-order chi connectivity index (χ0) is 20.9. The summed E-state index contributed by atoms with van der Waals surface area (Å²) in [5.74, 6) is 2.34. The predicted octanol–water partition coefficient (Wildman–Crippen LogP) is 4.88. The smallest absolute Gasteiger partial charge is 0.127 e. The predicted molar refractivity (Wildman–Crippen MR) is 118 cm³/mol. The van der Waals surface area contributed by atoms with Gasteiger partial charge in [-0.3, -0.25) is 0 Å². The van der Waals surface area contributed by atoms with E-state index in [2.05, 4.69) is 47.5 Å². The van der Waals surface area contributed by atoms with Crippen molar-refractivity contribution in [2.45, 2.75) is 58.3 Å². The number of piperidine rings is 1. The number of halogens is 1. The van der Waals surface area contributed by atoms with Gasteiger partial charge in [-0.1, -0.05) is 17.7 Å². The molecule has 0 N–H and O–H groups in total. The quantitative estimate of drug-likeness (QED) is 0.697.